The maximum atomic E-state index is 13.5. The third-order valence-corrected chi connectivity index (χ3v) is 8.75. The van der Waals surface area contributed by atoms with Crippen molar-refractivity contribution in [2.45, 2.75) is 59.2 Å². The van der Waals surface area contributed by atoms with E-state index in [0.29, 0.717) is 48.6 Å². The van der Waals surface area contributed by atoms with E-state index in [-0.39, 0.29) is 30.9 Å². The number of anilines is 2. The Morgan fingerprint density at radius 1 is 0.941 bits per heavy atom. The number of hydrazone groups is 1. The molecule has 0 unspecified atom stereocenters. The number of hydrogen-bond acceptors (Lipinski definition) is 9. The van der Waals surface area contributed by atoms with Gasteiger partial charge in [-0.25, -0.2) is 9.99 Å². The summed E-state index contributed by atoms with van der Waals surface area (Å²) in [4.78, 5) is 43.0. The van der Waals surface area contributed by atoms with Crippen molar-refractivity contribution in [1.29, 1.82) is 0 Å². The number of aromatic nitrogens is 1. The number of aldehydes is 1. The Labute approximate surface area is 299 Å². The van der Waals surface area contributed by atoms with Gasteiger partial charge >= 0.3 is 0 Å². The largest absolute Gasteiger partial charge is 0.497 e. The lowest BCUT2D eigenvalue weighted by Gasteiger charge is -2.27. The van der Waals surface area contributed by atoms with Gasteiger partial charge in [0.2, 0.25) is 0 Å². The first-order valence-corrected chi connectivity index (χ1v) is 17.4. The van der Waals surface area contributed by atoms with E-state index in [2.05, 4.69) is 28.0 Å². The average Bonchev–Trinajstić information content (AvgIpc) is 3.18. The number of carbonyl (C=O) groups is 3. The minimum atomic E-state index is -0.316. The monoisotopic (exact) mass is 690 g/mol. The van der Waals surface area contributed by atoms with Crippen LogP contribution >= 0.6 is 0 Å². The van der Waals surface area contributed by atoms with Crippen LogP contribution in [0.25, 0.3) is 11.1 Å². The summed E-state index contributed by atoms with van der Waals surface area (Å²) in [6.45, 7) is 8.51. The summed E-state index contributed by atoms with van der Waals surface area (Å²) in [5.41, 5.74) is 6.56. The summed E-state index contributed by atoms with van der Waals surface area (Å²) < 4.78 is 11.1. The zero-order chi connectivity index (χ0) is 36.2. The number of pyridine rings is 1. The first kappa shape index (κ1) is 36.7. The molecule has 1 aliphatic heterocycles. The molecule has 0 spiro atoms. The van der Waals surface area contributed by atoms with E-state index in [1.165, 1.54) is 0 Å². The van der Waals surface area contributed by atoms with Crippen LogP contribution in [0, 0.1) is 0 Å². The summed E-state index contributed by atoms with van der Waals surface area (Å²) >= 11 is 0. The Morgan fingerprint density at radius 3 is 2.33 bits per heavy atom. The molecule has 3 N–H and O–H groups in total. The number of amides is 2. The minimum Gasteiger partial charge on any atom is -0.497 e. The fraction of sp³-hybridized carbons (Fsp3) is 0.325. The fourth-order valence-corrected chi connectivity index (χ4v) is 6.06. The predicted molar refractivity (Wildman–Crippen MR) is 201 cm³/mol. The molecular weight excluding hydrogens is 644 g/mol. The van der Waals surface area contributed by atoms with Gasteiger partial charge in [0.05, 0.1) is 7.11 Å². The maximum Gasteiger partial charge on any atom is 0.251 e. The molecule has 0 bridgehead atoms. The molecular formula is C40H46N6O5. The molecule has 5 rings (SSSR count). The van der Waals surface area contributed by atoms with Gasteiger partial charge in [-0.15, -0.1) is 0 Å². The number of methoxy groups -OCH3 is 1. The van der Waals surface area contributed by atoms with Crippen molar-refractivity contribution in [2.75, 3.05) is 37.2 Å². The van der Waals surface area contributed by atoms with Gasteiger partial charge in [-0.3, -0.25) is 14.4 Å². The average molecular weight is 691 g/mol. The number of benzene rings is 3. The van der Waals surface area contributed by atoms with Crippen molar-refractivity contribution in [2.24, 2.45) is 5.10 Å². The third kappa shape index (κ3) is 9.58. The molecule has 266 valence electrons. The summed E-state index contributed by atoms with van der Waals surface area (Å²) in [7, 11) is 1.58. The molecule has 3 aromatic carbocycles. The number of nitrogens with one attached hydrogen (secondary N) is 3. The normalized spacial score (nSPS) is 13.1. The number of nitrogens with zero attached hydrogens (tertiary/aromatic N) is 3. The molecule has 51 heavy (non-hydrogen) atoms. The van der Waals surface area contributed by atoms with Gasteiger partial charge in [0.15, 0.2) is 5.82 Å². The zero-order valence-electron chi connectivity index (χ0n) is 29.7. The zero-order valence-corrected chi connectivity index (χ0v) is 29.7. The molecule has 2 heterocycles. The van der Waals surface area contributed by atoms with Gasteiger partial charge in [0.1, 0.15) is 12.0 Å². The Bertz CT molecular complexity index is 1870. The quantitative estimate of drug-likeness (QED) is 0.0740. The van der Waals surface area contributed by atoms with Crippen molar-refractivity contribution in [3.63, 3.8) is 0 Å². The Morgan fingerprint density at radius 2 is 1.67 bits per heavy atom. The van der Waals surface area contributed by atoms with Crippen molar-refractivity contribution >= 4 is 35.8 Å². The fourth-order valence-electron chi connectivity index (χ4n) is 6.06. The number of aryl methyl sites for hydroxylation is 1. The van der Waals surface area contributed by atoms with E-state index in [9.17, 15) is 14.4 Å². The molecule has 4 aromatic rings. The SMILES string of the molecule is C/C=N\N(CC)c1cc(NC2CCOCC2)c(CNC(=O)c2cccc(C(=O)NCc3cc(OC)cc(-c4cccc(C=O)c4)c3)c2)c(CC)n1. The highest BCUT2D eigenvalue weighted by molar-refractivity contribution is 5.99. The van der Waals surface area contributed by atoms with Crippen LogP contribution in [-0.4, -0.2) is 62.2 Å². The molecule has 0 saturated carbocycles. The molecule has 0 atom stereocenters. The van der Waals surface area contributed by atoms with E-state index in [1.54, 1.807) is 49.7 Å². The Hall–Kier alpha value is -5.55. The van der Waals surface area contributed by atoms with Gasteiger partial charge in [-0.1, -0.05) is 31.2 Å². The maximum absolute atomic E-state index is 13.5. The second-order valence-corrected chi connectivity index (χ2v) is 12.2. The number of rotatable bonds is 15. The van der Waals surface area contributed by atoms with Gasteiger partial charge in [0.25, 0.3) is 11.8 Å². The molecule has 1 saturated heterocycles. The van der Waals surface area contributed by atoms with Crippen LogP contribution in [0.3, 0.4) is 0 Å². The molecule has 1 aromatic heterocycles. The van der Waals surface area contributed by atoms with Crippen molar-refractivity contribution in [1.82, 2.24) is 15.6 Å². The van der Waals surface area contributed by atoms with Crippen LogP contribution in [0.4, 0.5) is 11.5 Å². The van der Waals surface area contributed by atoms with Crippen LogP contribution in [0.5, 0.6) is 5.75 Å². The second-order valence-electron chi connectivity index (χ2n) is 12.2. The van der Waals surface area contributed by atoms with E-state index in [0.717, 1.165) is 58.6 Å². The lowest BCUT2D eigenvalue weighted by molar-refractivity contribution is 0.0904. The summed E-state index contributed by atoms with van der Waals surface area (Å²) in [6, 6.07) is 21.9. The van der Waals surface area contributed by atoms with Crippen LogP contribution in [-0.2, 0) is 24.2 Å². The number of hydrogen-bond donors (Lipinski definition) is 3. The highest BCUT2D eigenvalue weighted by Gasteiger charge is 2.21. The van der Waals surface area contributed by atoms with Crippen molar-refractivity contribution in [3.05, 3.63) is 106 Å². The molecule has 0 radical (unpaired) electrons. The first-order valence-electron chi connectivity index (χ1n) is 17.4. The van der Waals surface area contributed by atoms with Crippen LogP contribution in [0.2, 0.25) is 0 Å². The van der Waals surface area contributed by atoms with Crippen LogP contribution in [0.1, 0.15) is 81.5 Å². The summed E-state index contributed by atoms with van der Waals surface area (Å²) in [5, 5.41) is 16.1. The Kier molecular flexibility index (Phi) is 12.9. The molecule has 0 aliphatic carbocycles. The van der Waals surface area contributed by atoms with Gasteiger partial charge in [0, 0.05) is 84.8 Å². The molecule has 11 heteroatoms. The Balaban J connectivity index is 1.30. The predicted octanol–water partition coefficient (Wildman–Crippen LogP) is 6.42. The van der Waals surface area contributed by atoms with Crippen molar-refractivity contribution in [3.8, 4) is 16.9 Å². The van der Waals surface area contributed by atoms with Crippen LogP contribution in [0.15, 0.2) is 77.9 Å². The topological polar surface area (TPSA) is 134 Å². The van der Waals surface area contributed by atoms with Gasteiger partial charge < -0.3 is 25.4 Å². The molecule has 2 amide bonds. The number of carbonyl (C=O) groups excluding carboxylic acids is 3. The van der Waals surface area contributed by atoms with E-state index >= 15 is 0 Å². The lowest BCUT2D eigenvalue weighted by Crippen LogP contribution is -2.30. The van der Waals surface area contributed by atoms with E-state index in [4.69, 9.17) is 14.5 Å². The first-order chi connectivity index (χ1) is 24.8. The van der Waals surface area contributed by atoms with Crippen molar-refractivity contribution < 1.29 is 23.9 Å². The van der Waals surface area contributed by atoms with Gasteiger partial charge in [-0.2, -0.15) is 5.10 Å². The lowest BCUT2D eigenvalue weighted by atomic mass is 10.0. The summed E-state index contributed by atoms with van der Waals surface area (Å²) in [5.74, 6) is 0.760. The van der Waals surface area contributed by atoms with E-state index in [1.807, 2.05) is 55.3 Å². The molecule has 1 aliphatic rings. The minimum absolute atomic E-state index is 0.234. The highest BCUT2D eigenvalue weighted by Crippen LogP contribution is 2.29. The second kappa shape index (κ2) is 17.9. The molecule has 11 nitrogen and oxygen atoms in total. The number of ether oxygens (including phenoxy) is 2. The third-order valence-electron chi connectivity index (χ3n) is 8.75. The standard InChI is InChI=1S/C40H46N6O5/c1-5-36-35(37(44-33-14-16-51-17-15-33)23-38(45-36)46(7-3)43-6-2)25-42-40(49)31-13-9-12-30(21-31)39(48)41-24-28-19-32(22-34(20-28)50-4)29-11-8-10-27(18-29)26-47/h6,8-13,18-23,26,33H,5,7,14-17,24-25H2,1-4H3,(H,41,48)(H,42,49)(H,44,45)/b43-6-. The van der Waals surface area contributed by atoms with Gasteiger partial charge in [-0.05, 0) is 92.3 Å². The molecule has 1 fully saturated rings. The highest BCUT2D eigenvalue weighted by atomic mass is 16.5. The summed E-state index contributed by atoms with van der Waals surface area (Å²) in [6.07, 6.45) is 5.00. The smallest absolute Gasteiger partial charge is 0.251 e. The van der Waals surface area contributed by atoms with E-state index < -0.39 is 0 Å². The van der Waals surface area contributed by atoms with Crippen LogP contribution < -0.4 is 25.7 Å².